The molecule has 106 valence electrons. The van der Waals surface area contributed by atoms with Crippen LogP contribution < -0.4 is 5.73 Å². The summed E-state index contributed by atoms with van der Waals surface area (Å²) >= 11 is 0. The predicted octanol–water partition coefficient (Wildman–Crippen LogP) is 3.11. The van der Waals surface area contributed by atoms with Crippen molar-refractivity contribution >= 4 is 0 Å². The lowest BCUT2D eigenvalue weighted by molar-refractivity contribution is -0.174. The van der Waals surface area contributed by atoms with Crippen LogP contribution in [0.1, 0.15) is 38.5 Å². The zero-order chi connectivity index (χ0) is 13.2. The number of hydrogen-bond donors (Lipinski definition) is 1. The molecule has 0 aromatic carbocycles. The summed E-state index contributed by atoms with van der Waals surface area (Å²) in [6.45, 7) is -1.05. The van der Waals surface area contributed by atoms with Gasteiger partial charge in [0.15, 0.2) is 0 Å². The smallest absolute Gasteiger partial charge is 0.372 e. The van der Waals surface area contributed by atoms with Gasteiger partial charge in [-0.3, -0.25) is 0 Å². The van der Waals surface area contributed by atoms with Crippen molar-refractivity contribution in [3.63, 3.8) is 0 Å². The van der Waals surface area contributed by atoms with E-state index in [0.29, 0.717) is 12.3 Å². The van der Waals surface area contributed by atoms with Crippen LogP contribution in [0.25, 0.3) is 0 Å². The summed E-state index contributed by atoms with van der Waals surface area (Å²) in [5.41, 5.74) is 5.97. The van der Waals surface area contributed by atoms with E-state index in [2.05, 4.69) is 4.74 Å². The van der Waals surface area contributed by atoms with Gasteiger partial charge < -0.3 is 10.5 Å². The molecule has 0 radical (unpaired) electrons. The fourth-order valence-electron chi connectivity index (χ4n) is 3.59. The predicted molar refractivity (Wildman–Crippen MR) is 63.0 cm³/mol. The van der Waals surface area contributed by atoms with Crippen molar-refractivity contribution in [1.82, 2.24) is 0 Å². The number of hydrogen-bond acceptors (Lipinski definition) is 2. The summed E-state index contributed by atoms with van der Waals surface area (Å²) in [6.07, 6.45) is 2.58. The van der Waals surface area contributed by atoms with Crippen molar-refractivity contribution in [3.8, 4) is 0 Å². The molecule has 0 aromatic rings. The van der Waals surface area contributed by atoms with Crippen molar-refractivity contribution < 1.29 is 17.9 Å². The Balaban J connectivity index is 1.57. The average molecular weight is 265 g/mol. The lowest BCUT2D eigenvalue weighted by atomic mass is 9.84. The number of halogens is 3. The second-order valence-corrected chi connectivity index (χ2v) is 5.89. The first-order chi connectivity index (χ1) is 8.44. The molecule has 2 N–H and O–H groups in total. The highest BCUT2D eigenvalue weighted by Gasteiger charge is 2.39. The van der Waals surface area contributed by atoms with Gasteiger partial charge in [-0.2, -0.15) is 13.2 Å². The first-order valence-electron chi connectivity index (χ1n) is 6.84. The molecule has 5 heteroatoms. The quantitative estimate of drug-likeness (QED) is 0.749. The van der Waals surface area contributed by atoms with E-state index in [1.165, 1.54) is 25.7 Å². The van der Waals surface area contributed by atoms with Crippen LogP contribution in [0.15, 0.2) is 0 Å². The SMILES string of the molecule is NC(CCOCC(F)(F)F)CC1CC2CCC1C2. The van der Waals surface area contributed by atoms with Gasteiger partial charge in [0.2, 0.25) is 0 Å². The van der Waals surface area contributed by atoms with Crippen LogP contribution >= 0.6 is 0 Å². The minimum Gasteiger partial charge on any atom is -0.372 e. The van der Waals surface area contributed by atoms with E-state index in [-0.39, 0.29) is 12.6 Å². The topological polar surface area (TPSA) is 35.2 Å². The number of rotatable bonds is 6. The average Bonchev–Trinajstić information content (AvgIpc) is 2.85. The van der Waals surface area contributed by atoms with Crippen molar-refractivity contribution in [3.05, 3.63) is 0 Å². The van der Waals surface area contributed by atoms with E-state index in [1.54, 1.807) is 0 Å². The summed E-state index contributed by atoms with van der Waals surface area (Å²) in [5.74, 6) is 2.44. The molecule has 2 aliphatic carbocycles. The number of alkyl halides is 3. The molecule has 0 heterocycles. The van der Waals surface area contributed by atoms with Gasteiger partial charge in [0.25, 0.3) is 0 Å². The van der Waals surface area contributed by atoms with Crippen LogP contribution in [0.4, 0.5) is 13.2 Å². The highest BCUT2D eigenvalue weighted by molar-refractivity contribution is 4.91. The molecule has 2 aliphatic rings. The first kappa shape index (κ1) is 14.1. The molecule has 4 atom stereocenters. The van der Waals surface area contributed by atoms with Crippen LogP contribution in [0, 0.1) is 17.8 Å². The van der Waals surface area contributed by atoms with Gasteiger partial charge in [-0.25, -0.2) is 0 Å². The summed E-state index contributed by atoms with van der Waals surface area (Å²) < 4.78 is 40.2. The Morgan fingerprint density at radius 3 is 2.56 bits per heavy atom. The standard InChI is InChI=1S/C13H22F3NO/c14-13(15,16)8-18-4-3-12(17)7-11-6-9-1-2-10(11)5-9/h9-12H,1-8,17H2. The molecule has 0 saturated heterocycles. The molecule has 4 unspecified atom stereocenters. The van der Waals surface area contributed by atoms with Gasteiger partial charge in [-0.15, -0.1) is 0 Å². The molecule has 0 amide bonds. The molecule has 2 rings (SSSR count). The van der Waals surface area contributed by atoms with Crippen molar-refractivity contribution in [2.75, 3.05) is 13.2 Å². The fourth-order valence-corrected chi connectivity index (χ4v) is 3.59. The zero-order valence-electron chi connectivity index (χ0n) is 10.6. The molecule has 0 spiro atoms. The van der Waals surface area contributed by atoms with Gasteiger partial charge in [0.05, 0.1) is 0 Å². The lowest BCUT2D eigenvalue weighted by Gasteiger charge is -2.24. The summed E-state index contributed by atoms with van der Waals surface area (Å²) in [6, 6.07) is -0.0115. The first-order valence-corrected chi connectivity index (χ1v) is 6.84. The van der Waals surface area contributed by atoms with E-state index in [0.717, 1.165) is 18.3 Å². The maximum absolute atomic E-state index is 11.9. The van der Waals surface area contributed by atoms with E-state index in [1.807, 2.05) is 0 Å². The maximum atomic E-state index is 11.9. The number of fused-ring (bicyclic) bond motifs is 2. The van der Waals surface area contributed by atoms with Gasteiger partial charge in [-0.1, -0.05) is 6.42 Å². The van der Waals surface area contributed by atoms with Crippen LogP contribution in [-0.2, 0) is 4.74 Å². The summed E-state index contributed by atoms with van der Waals surface area (Å²) in [7, 11) is 0. The highest BCUT2D eigenvalue weighted by atomic mass is 19.4. The Hall–Kier alpha value is -0.290. The van der Waals surface area contributed by atoms with Crippen molar-refractivity contribution in [2.45, 2.75) is 50.7 Å². The lowest BCUT2D eigenvalue weighted by Crippen LogP contribution is -2.28. The van der Waals surface area contributed by atoms with Crippen molar-refractivity contribution in [1.29, 1.82) is 0 Å². The molecule has 0 aliphatic heterocycles. The minimum absolute atomic E-state index is 0.0115. The monoisotopic (exact) mass is 265 g/mol. The Kier molecular flexibility index (Phi) is 4.54. The highest BCUT2D eigenvalue weighted by Crippen LogP contribution is 2.49. The van der Waals surface area contributed by atoms with Gasteiger partial charge in [0, 0.05) is 12.6 Å². The number of ether oxygens (including phenoxy) is 1. The molecule has 2 fully saturated rings. The molecule has 2 bridgehead atoms. The summed E-state index contributed by atoms with van der Waals surface area (Å²) in [4.78, 5) is 0. The second kappa shape index (κ2) is 5.78. The molecule has 2 nitrogen and oxygen atoms in total. The van der Waals surface area contributed by atoms with Crippen LogP contribution in [-0.4, -0.2) is 25.4 Å². The van der Waals surface area contributed by atoms with E-state index >= 15 is 0 Å². The Bertz CT molecular complexity index is 269. The Morgan fingerprint density at radius 2 is 2.00 bits per heavy atom. The third-order valence-corrected chi connectivity index (χ3v) is 4.39. The third-order valence-electron chi connectivity index (χ3n) is 4.39. The van der Waals surface area contributed by atoms with E-state index in [4.69, 9.17) is 5.73 Å². The molecule has 0 aromatic heterocycles. The van der Waals surface area contributed by atoms with Crippen LogP contribution in [0.2, 0.25) is 0 Å². The second-order valence-electron chi connectivity index (χ2n) is 5.89. The van der Waals surface area contributed by atoms with Gasteiger partial charge >= 0.3 is 6.18 Å². The van der Waals surface area contributed by atoms with Crippen molar-refractivity contribution in [2.24, 2.45) is 23.5 Å². The Labute approximate surface area is 106 Å². The number of nitrogens with two attached hydrogens (primary N) is 1. The van der Waals surface area contributed by atoms with Crippen LogP contribution in [0.3, 0.4) is 0 Å². The third kappa shape index (κ3) is 4.12. The molecule has 2 saturated carbocycles. The minimum atomic E-state index is -4.23. The zero-order valence-corrected chi connectivity index (χ0v) is 10.6. The molecular weight excluding hydrogens is 243 g/mol. The van der Waals surface area contributed by atoms with E-state index < -0.39 is 12.8 Å². The maximum Gasteiger partial charge on any atom is 0.411 e. The normalized spacial score (nSPS) is 33.0. The van der Waals surface area contributed by atoms with Gasteiger partial charge in [-0.05, 0) is 49.9 Å². The molecular formula is C13H22F3NO. The van der Waals surface area contributed by atoms with E-state index in [9.17, 15) is 13.2 Å². The summed E-state index contributed by atoms with van der Waals surface area (Å²) in [5, 5.41) is 0. The fraction of sp³-hybridized carbons (Fsp3) is 1.00. The largest absolute Gasteiger partial charge is 0.411 e. The van der Waals surface area contributed by atoms with Gasteiger partial charge in [0.1, 0.15) is 6.61 Å². The molecule has 18 heavy (non-hydrogen) atoms. The Morgan fingerprint density at radius 1 is 1.22 bits per heavy atom. The van der Waals surface area contributed by atoms with Crippen LogP contribution in [0.5, 0.6) is 0 Å².